The van der Waals surface area contributed by atoms with Crippen LogP contribution in [0.3, 0.4) is 0 Å². The van der Waals surface area contributed by atoms with Crippen LogP contribution >= 0.6 is 0 Å². The number of benzene rings is 1. The van der Waals surface area contributed by atoms with E-state index in [0.29, 0.717) is 35.9 Å². The number of ether oxygens (including phenoxy) is 1. The van der Waals surface area contributed by atoms with Crippen molar-refractivity contribution in [1.29, 1.82) is 0 Å². The number of nitrogens with one attached hydrogen (secondary N) is 1. The first-order valence-electron chi connectivity index (χ1n) is 11.4. The Labute approximate surface area is 183 Å². The molecular formula is C25H33NO5. The van der Waals surface area contributed by atoms with Crippen molar-refractivity contribution in [3.63, 3.8) is 0 Å². The van der Waals surface area contributed by atoms with Crippen LogP contribution in [0, 0.1) is 23.2 Å². The van der Waals surface area contributed by atoms with Crippen molar-refractivity contribution < 1.29 is 24.2 Å². The molecule has 0 saturated heterocycles. The molecule has 0 aliphatic heterocycles. The second kappa shape index (κ2) is 8.38. The van der Waals surface area contributed by atoms with E-state index < -0.39 is 5.60 Å². The molecule has 6 heteroatoms. The normalized spacial score (nSPS) is 31.0. The number of rotatable bonds is 8. The van der Waals surface area contributed by atoms with Crippen molar-refractivity contribution >= 4 is 23.3 Å². The lowest BCUT2D eigenvalue weighted by Gasteiger charge is -2.60. The van der Waals surface area contributed by atoms with Gasteiger partial charge in [0.15, 0.2) is 12.4 Å². The zero-order chi connectivity index (χ0) is 22.2. The first-order chi connectivity index (χ1) is 14.6. The van der Waals surface area contributed by atoms with E-state index in [1.165, 1.54) is 6.42 Å². The Kier molecular flexibility index (Phi) is 5.95. The van der Waals surface area contributed by atoms with E-state index in [0.717, 1.165) is 25.7 Å². The fourth-order valence-corrected chi connectivity index (χ4v) is 6.52. The predicted octanol–water partition coefficient (Wildman–Crippen LogP) is 4.12. The van der Waals surface area contributed by atoms with Gasteiger partial charge >= 0.3 is 5.97 Å². The minimum atomic E-state index is -0.605. The molecule has 4 fully saturated rings. The Hall–Kier alpha value is -2.21. The summed E-state index contributed by atoms with van der Waals surface area (Å²) >= 11 is 0. The van der Waals surface area contributed by atoms with Crippen LogP contribution < -0.4 is 5.32 Å². The van der Waals surface area contributed by atoms with Crippen molar-refractivity contribution in [3.8, 4) is 0 Å². The van der Waals surface area contributed by atoms with E-state index in [1.807, 2.05) is 13.8 Å². The van der Waals surface area contributed by atoms with Crippen molar-refractivity contribution in [2.45, 2.75) is 70.8 Å². The third-order valence-corrected chi connectivity index (χ3v) is 7.12. The summed E-state index contributed by atoms with van der Waals surface area (Å²) in [6, 6.07) is 6.64. The van der Waals surface area contributed by atoms with Crippen LogP contribution in [0.1, 0.15) is 75.6 Å². The second-order valence-corrected chi connectivity index (χ2v) is 10.7. The van der Waals surface area contributed by atoms with Crippen LogP contribution in [-0.4, -0.2) is 35.0 Å². The lowest BCUT2D eigenvalue weighted by Crippen LogP contribution is -2.56. The van der Waals surface area contributed by atoms with Gasteiger partial charge < -0.3 is 15.2 Å². The standard InChI is InChI=1S/C25H33NO5/c1-16(2)7-22(28)26-20-5-3-19(4-6-20)21(27)14-31-23(29)13-24-9-17-8-18(10-24)12-25(30,11-17)15-24/h3-6,16-18,30H,7-15H2,1-2H3,(H,26,28)/t17-,18+,24?,25?. The molecule has 1 amide bonds. The third-order valence-electron chi connectivity index (χ3n) is 7.12. The van der Waals surface area contributed by atoms with Gasteiger partial charge in [-0.3, -0.25) is 14.4 Å². The summed E-state index contributed by atoms with van der Waals surface area (Å²) < 4.78 is 5.33. The molecule has 31 heavy (non-hydrogen) atoms. The molecule has 1 aromatic carbocycles. The number of hydrogen-bond acceptors (Lipinski definition) is 5. The van der Waals surface area contributed by atoms with Crippen molar-refractivity contribution in [1.82, 2.24) is 0 Å². The van der Waals surface area contributed by atoms with E-state index in [2.05, 4.69) is 5.32 Å². The molecule has 0 aromatic heterocycles. The summed E-state index contributed by atoms with van der Waals surface area (Å²) in [4.78, 5) is 36.8. The molecule has 0 radical (unpaired) electrons. The van der Waals surface area contributed by atoms with Crippen molar-refractivity contribution in [2.24, 2.45) is 23.2 Å². The van der Waals surface area contributed by atoms with Crippen LogP contribution in [0.25, 0.3) is 0 Å². The second-order valence-electron chi connectivity index (χ2n) is 10.7. The van der Waals surface area contributed by atoms with E-state index in [-0.39, 0.29) is 42.0 Å². The summed E-state index contributed by atoms with van der Waals surface area (Å²) in [5, 5.41) is 13.6. The zero-order valence-corrected chi connectivity index (χ0v) is 18.5. The first-order valence-corrected chi connectivity index (χ1v) is 11.4. The number of hydrogen-bond donors (Lipinski definition) is 2. The molecule has 4 aliphatic rings. The molecule has 1 aromatic rings. The lowest BCUT2D eigenvalue weighted by molar-refractivity contribution is -0.176. The third kappa shape index (κ3) is 5.17. The smallest absolute Gasteiger partial charge is 0.306 e. The SMILES string of the molecule is CC(C)CC(=O)Nc1ccc(C(=O)COC(=O)CC23C[C@@H]4C[C@@H](CC(O)(C4)C2)C3)cc1. The summed E-state index contributed by atoms with van der Waals surface area (Å²) in [5.41, 5.74) is 0.319. The van der Waals surface area contributed by atoms with Gasteiger partial charge in [0.1, 0.15) is 0 Å². The van der Waals surface area contributed by atoms with Crippen molar-refractivity contribution in [2.75, 3.05) is 11.9 Å². The fourth-order valence-electron chi connectivity index (χ4n) is 6.52. The van der Waals surface area contributed by atoms with Crippen LogP contribution in [-0.2, 0) is 14.3 Å². The maximum atomic E-state index is 12.5. The first kappa shape index (κ1) is 22.0. The maximum Gasteiger partial charge on any atom is 0.306 e. The molecule has 4 atom stereocenters. The molecular weight excluding hydrogens is 394 g/mol. The largest absolute Gasteiger partial charge is 0.457 e. The minimum absolute atomic E-state index is 0.0580. The molecule has 168 valence electrons. The Balaban J connectivity index is 1.27. The molecule has 0 spiro atoms. The Morgan fingerprint density at radius 3 is 2.32 bits per heavy atom. The molecule has 4 aliphatic carbocycles. The van der Waals surface area contributed by atoms with Crippen LogP contribution in [0.5, 0.6) is 0 Å². The minimum Gasteiger partial charge on any atom is -0.457 e. The number of amides is 1. The number of anilines is 1. The number of ketones is 1. The highest BCUT2D eigenvalue weighted by Crippen LogP contribution is 2.62. The maximum absolute atomic E-state index is 12.5. The molecule has 2 N–H and O–H groups in total. The molecule has 4 saturated carbocycles. The molecule has 4 bridgehead atoms. The Bertz CT molecular complexity index is 845. The number of esters is 1. The van der Waals surface area contributed by atoms with Gasteiger partial charge in [-0.25, -0.2) is 0 Å². The topological polar surface area (TPSA) is 92.7 Å². The van der Waals surface area contributed by atoms with E-state index in [1.54, 1.807) is 24.3 Å². The number of Topliss-reactive ketones (excluding diaryl/α,β-unsaturated/α-hetero) is 1. The summed E-state index contributed by atoms with van der Waals surface area (Å²) in [5.74, 6) is 0.628. The highest BCUT2D eigenvalue weighted by molar-refractivity contribution is 5.98. The number of carbonyl (C=O) groups is 3. The molecule has 6 nitrogen and oxygen atoms in total. The Morgan fingerprint density at radius 1 is 1.10 bits per heavy atom. The van der Waals surface area contributed by atoms with Crippen LogP contribution in [0.4, 0.5) is 5.69 Å². The summed E-state index contributed by atoms with van der Waals surface area (Å²) in [6.45, 7) is 3.67. The number of carbonyl (C=O) groups excluding carboxylic acids is 3. The Morgan fingerprint density at radius 2 is 1.74 bits per heavy atom. The van der Waals surface area contributed by atoms with Gasteiger partial charge in [0, 0.05) is 17.7 Å². The van der Waals surface area contributed by atoms with E-state index >= 15 is 0 Å². The van der Waals surface area contributed by atoms with E-state index in [4.69, 9.17) is 4.74 Å². The van der Waals surface area contributed by atoms with Gasteiger partial charge in [-0.1, -0.05) is 13.8 Å². The molecule has 2 unspecified atom stereocenters. The quantitative estimate of drug-likeness (QED) is 0.481. The van der Waals surface area contributed by atoms with Gasteiger partial charge in [0.25, 0.3) is 0 Å². The zero-order valence-electron chi connectivity index (χ0n) is 18.5. The predicted molar refractivity (Wildman–Crippen MR) is 116 cm³/mol. The monoisotopic (exact) mass is 427 g/mol. The van der Waals surface area contributed by atoms with Crippen molar-refractivity contribution in [3.05, 3.63) is 29.8 Å². The lowest BCUT2D eigenvalue weighted by atomic mass is 9.47. The van der Waals surface area contributed by atoms with Gasteiger partial charge in [-0.15, -0.1) is 0 Å². The summed E-state index contributed by atoms with van der Waals surface area (Å²) in [6.07, 6.45) is 6.29. The average molecular weight is 428 g/mol. The van der Waals surface area contributed by atoms with E-state index in [9.17, 15) is 19.5 Å². The van der Waals surface area contributed by atoms with Crippen LogP contribution in [0.2, 0.25) is 0 Å². The van der Waals surface area contributed by atoms with Gasteiger partial charge in [-0.2, -0.15) is 0 Å². The molecule has 5 rings (SSSR count). The highest BCUT2D eigenvalue weighted by Gasteiger charge is 2.57. The highest BCUT2D eigenvalue weighted by atomic mass is 16.5. The number of aliphatic hydroxyl groups is 1. The van der Waals surface area contributed by atoms with Crippen LogP contribution in [0.15, 0.2) is 24.3 Å². The fraction of sp³-hybridized carbons (Fsp3) is 0.640. The van der Waals surface area contributed by atoms with Gasteiger partial charge in [-0.05, 0) is 86.0 Å². The van der Waals surface area contributed by atoms with Gasteiger partial charge in [0.2, 0.25) is 5.91 Å². The van der Waals surface area contributed by atoms with Gasteiger partial charge in [0.05, 0.1) is 12.0 Å². The average Bonchev–Trinajstić information content (AvgIpc) is 2.63. The molecule has 0 heterocycles. The summed E-state index contributed by atoms with van der Waals surface area (Å²) in [7, 11) is 0.